The Morgan fingerprint density at radius 1 is 0.698 bits per heavy atom. The van der Waals surface area contributed by atoms with Crippen molar-refractivity contribution < 1.29 is 9.53 Å². The van der Waals surface area contributed by atoms with Crippen LogP contribution in [0.15, 0.2) is 11.6 Å². The van der Waals surface area contributed by atoms with E-state index in [-0.39, 0.29) is 12.1 Å². The van der Waals surface area contributed by atoms with Gasteiger partial charge in [0.2, 0.25) is 0 Å². The van der Waals surface area contributed by atoms with Crippen molar-refractivity contribution in [2.24, 2.45) is 52.3 Å². The van der Waals surface area contributed by atoms with E-state index in [1.165, 1.54) is 173 Å². The number of unbranched alkanes of at least 4 members (excludes halogenated alkanes) is 18. The summed E-state index contributed by atoms with van der Waals surface area (Å²) in [5, 5.41) is 0. The van der Waals surface area contributed by atoms with Gasteiger partial charge in [-0.25, -0.2) is 0 Å². The lowest BCUT2D eigenvalue weighted by molar-refractivity contribution is -0.151. The van der Waals surface area contributed by atoms with Crippen molar-refractivity contribution in [1.29, 1.82) is 0 Å². The second-order valence-corrected chi connectivity index (χ2v) is 20.4. The van der Waals surface area contributed by atoms with E-state index in [4.69, 9.17) is 4.74 Å². The zero-order valence-corrected chi connectivity index (χ0v) is 36.9. The molecule has 0 aromatic carbocycles. The van der Waals surface area contributed by atoms with Crippen molar-refractivity contribution in [3.05, 3.63) is 11.6 Å². The lowest BCUT2D eigenvalue weighted by atomic mass is 9.47. The molecule has 0 bridgehead atoms. The van der Waals surface area contributed by atoms with Gasteiger partial charge in [0, 0.05) is 12.8 Å². The lowest BCUT2D eigenvalue weighted by Gasteiger charge is -2.58. The monoisotopic (exact) mass is 737 g/mol. The van der Waals surface area contributed by atoms with Crippen molar-refractivity contribution in [2.75, 3.05) is 0 Å². The molecular formula is C51H92O2. The maximum Gasteiger partial charge on any atom is 0.306 e. The molecule has 0 aromatic rings. The minimum absolute atomic E-state index is 0.0677. The number of fused-ring (bicyclic) bond motifs is 5. The van der Waals surface area contributed by atoms with E-state index >= 15 is 0 Å². The molecule has 2 nitrogen and oxygen atoms in total. The predicted octanol–water partition coefficient (Wildman–Crippen LogP) is 16.4. The second kappa shape index (κ2) is 23.4. The van der Waals surface area contributed by atoms with Gasteiger partial charge in [0.1, 0.15) is 6.10 Å². The molecule has 0 aromatic heterocycles. The van der Waals surface area contributed by atoms with Crippen molar-refractivity contribution in [1.82, 2.24) is 0 Å². The van der Waals surface area contributed by atoms with Gasteiger partial charge in [-0.1, -0.05) is 189 Å². The Morgan fingerprint density at radius 2 is 1.26 bits per heavy atom. The van der Waals surface area contributed by atoms with E-state index in [2.05, 4.69) is 54.5 Å². The van der Waals surface area contributed by atoms with Gasteiger partial charge in [0.15, 0.2) is 0 Å². The number of hydrogen-bond acceptors (Lipinski definition) is 2. The topological polar surface area (TPSA) is 26.3 Å². The van der Waals surface area contributed by atoms with Crippen LogP contribution in [-0.2, 0) is 9.53 Å². The zero-order chi connectivity index (χ0) is 38.1. The SMILES string of the molecule is CCCCCCCCCCCCCCCCCCCCCC(=O)O[C@H]1CC[C@@]2(C)C(=CC[C@H]3[C@@H]4CC[C@H]([C@H](C)CC[C@@H](CC)C(C)C)[C@@]4(C)CC[C@@H]32)C1. The first kappa shape index (κ1) is 44.9. The number of rotatable bonds is 27. The number of hydrogen-bond donors (Lipinski definition) is 0. The molecule has 4 aliphatic rings. The minimum Gasteiger partial charge on any atom is -0.462 e. The van der Waals surface area contributed by atoms with Crippen LogP contribution in [0, 0.1) is 52.3 Å². The molecule has 3 saturated carbocycles. The third-order valence-electron chi connectivity index (χ3n) is 16.6. The molecule has 0 spiro atoms. The van der Waals surface area contributed by atoms with Crippen LogP contribution in [0.2, 0.25) is 0 Å². The van der Waals surface area contributed by atoms with Crippen LogP contribution >= 0.6 is 0 Å². The highest BCUT2D eigenvalue weighted by atomic mass is 16.5. The average Bonchev–Trinajstić information content (AvgIpc) is 3.50. The summed E-state index contributed by atoms with van der Waals surface area (Å²) in [5.41, 5.74) is 2.52. The third-order valence-corrected chi connectivity index (χ3v) is 16.6. The third kappa shape index (κ3) is 13.1. The molecule has 0 amide bonds. The first-order valence-corrected chi connectivity index (χ1v) is 24.5. The van der Waals surface area contributed by atoms with Gasteiger partial charge in [-0.2, -0.15) is 0 Å². The van der Waals surface area contributed by atoms with Crippen LogP contribution in [0.25, 0.3) is 0 Å². The molecule has 308 valence electrons. The molecule has 2 heteroatoms. The maximum absolute atomic E-state index is 12.9. The molecular weight excluding hydrogens is 645 g/mol. The minimum atomic E-state index is 0.0677. The Hall–Kier alpha value is -0.790. The number of ether oxygens (including phenoxy) is 1. The van der Waals surface area contributed by atoms with Crippen molar-refractivity contribution in [3.63, 3.8) is 0 Å². The van der Waals surface area contributed by atoms with Crippen molar-refractivity contribution in [2.45, 2.75) is 254 Å². The van der Waals surface area contributed by atoms with E-state index in [0.29, 0.717) is 17.3 Å². The molecule has 9 atom stereocenters. The lowest BCUT2D eigenvalue weighted by Crippen LogP contribution is -2.51. The highest BCUT2D eigenvalue weighted by Gasteiger charge is 2.59. The molecule has 0 unspecified atom stereocenters. The summed E-state index contributed by atoms with van der Waals surface area (Å²) in [4.78, 5) is 12.9. The van der Waals surface area contributed by atoms with Gasteiger partial charge >= 0.3 is 5.97 Å². The first-order chi connectivity index (χ1) is 25.6. The Labute approximate surface area is 332 Å². The van der Waals surface area contributed by atoms with Gasteiger partial charge in [-0.15, -0.1) is 0 Å². The van der Waals surface area contributed by atoms with Gasteiger partial charge in [0.05, 0.1) is 0 Å². The fourth-order valence-corrected chi connectivity index (χ4v) is 13.0. The number of allylic oxidation sites excluding steroid dienone is 1. The van der Waals surface area contributed by atoms with E-state index in [1.54, 1.807) is 5.57 Å². The van der Waals surface area contributed by atoms with Crippen molar-refractivity contribution >= 4 is 5.97 Å². The summed E-state index contributed by atoms with van der Waals surface area (Å²) in [7, 11) is 0. The van der Waals surface area contributed by atoms with E-state index in [1.807, 2.05) is 0 Å². The van der Waals surface area contributed by atoms with E-state index < -0.39 is 0 Å². The second-order valence-electron chi connectivity index (χ2n) is 20.4. The van der Waals surface area contributed by atoms with E-state index in [9.17, 15) is 4.79 Å². The molecule has 53 heavy (non-hydrogen) atoms. The van der Waals surface area contributed by atoms with Gasteiger partial charge in [-0.05, 0) is 110 Å². The maximum atomic E-state index is 12.9. The molecule has 0 heterocycles. The van der Waals surface area contributed by atoms with Crippen LogP contribution in [0.5, 0.6) is 0 Å². The van der Waals surface area contributed by atoms with Crippen LogP contribution in [0.4, 0.5) is 0 Å². The summed E-state index contributed by atoms with van der Waals surface area (Å²) in [5.74, 6) is 6.17. The van der Waals surface area contributed by atoms with Gasteiger partial charge < -0.3 is 4.74 Å². The summed E-state index contributed by atoms with van der Waals surface area (Å²) in [6, 6.07) is 0. The Morgan fingerprint density at radius 3 is 1.81 bits per heavy atom. The standard InChI is InChI=1S/C51H92O2/c1-8-10-11-12-13-14-15-16-17-18-19-20-21-22-23-24-25-26-27-28-49(52)53-44-35-37-50(6)43(39-44)31-32-45-47-34-33-46(51(47,7)38-36-48(45)50)41(5)29-30-42(9-2)40(3)4/h31,40-42,44-48H,8-30,32-39H2,1-7H3/t41-,42-,44+,45+,46-,47+,48+,50+,51-/m1/s1. The summed E-state index contributed by atoms with van der Waals surface area (Å²) in [6.45, 7) is 17.5. The molecule has 0 aliphatic heterocycles. The molecule has 0 radical (unpaired) electrons. The number of carbonyl (C=O) groups excluding carboxylic acids is 1. The zero-order valence-electron chi connectivity index (χ0n) is 36.9. The normalized spacial score (nSPS) is 30.7. The molecule has 4 aliphatic carbocycles. The number of carbonyl (C=O) groups is 1. The smallest absolute Gasteiger partial charge is 0.306 e. The summed E-state index contributed by atoms with van der Waals surface area (Å²) < 4.78 is 6.17. The highest BCUT2D eigenvalue weighted by Crippen LogP contribution is 2.67. The summed E-state index contributed by atoms with van der Waals surface area (Å²) >= 11 is 0. The fraction of sp³-hybridized carbons (Fsp3) is 0.941. The molecule has 3 fully saturated rings. The average molecular weight is 737 g/mol. The fourth-order valence-electron chi connectivity index (χ4n) is 13.0. The Bertz CT molecular complexity index is 1040. The van der Waals surface area contributed by atoms with Crippen LogP contribution < -0.4 is 0 Å². The van der Waals surface area contributed by atoms with Gasteiger partial charge in [0.25, 0.3) is 0 Å². The first-order valence-electron chi connectivity index (χ1n) is 24.5. The highest BCUT2D eigenvalue weighted by molar-refractivity contribution is 5.69. The van der Waals surface area contributed by atoms with Crippen molar-refractivity contribution in [3.8, 4) is 0 Å². The quantitative estimate of drug-likeness (QED) is 0.0477. The predicted molar refractivity (Wildman–Crippen MR) is 230 cm³/mol. The molecule has 4 rings (SSSR count). The van der Waals surface area contributed by atoms with Gasteiger partial charge in [-0.3, -0.25) is 4.79 Å². The van der Waals surface area contributed by atoms with Crippen LogP contribution in [0.3, 0.4) is 0 Å². The Balaban J connectivity index is 1.05. The molecule has 0 N–H and O–H groups in total. The van der Waals surface area contributed by atoms with Crippen LogP contribution in [-0.4, -0.2) is 12.1 Å². The summed E-state index contributed by atoms with van der Waals surface area (Å²) in [6.07, 6.45) is 44.2. The largest absolute Gasteiger partial charge is 0.462 e. The number of esters is 1. The van der Waals surface area contributed by atoms with E-state index in [0.717, 1.165) is 60.7 Å². The van der Waals surface area contributed by atoms with Crippen LogP contribution in [0.1, 0.15) is 248 Å². The Kier molecular flexibility index (Phi) is 19.9. The molecule has 0 saturated heterocycles.